The van der Waals surface area contributed by atoms with Crippen LogP contribution in [0, 0.1) is 5.41 Å². The van der Waals surface area contributed by atoms with Crippen LogP contribution in [0.4, 0.5) is 10.5 Å². The molecular formula is C23H29N7O5S. The Balaban J connectivity index is 1.87. The summed E-state index contributed by atoms with van der Waals surface area (Å²) in [6.45, 7) is 0.416. The second kappa shape index (κ2) is 14.4. The maximum atomic E-state index is 12.1. The average Bonchev–Trinajstić information content (AvgIpc) is 2.86. The molecule has 0 aromatic heterocycles. The largest absolute Gasteiger partial charge is 0.480 e. The summed E-state index contributed by atoms with van der Waals surface area (Å²) in [5.74, 6) is -1.76. The summed E-state index contributed by atoms with van der Waals surface area (Å²) in [4.78, 5) is 36.9. The van der Waals surface area contributed by atoms with Crippen molar-refractivity contribution in [2.45, 2.75) is 36.2 Å². The summed E-state index contributed by atoms with van der Waals surface area (Å²) >= 11 is 1.56. The van der Waals surface area contributed by atoms with Crippen molar-refractivity contribution in [3.8, 4) is 5.75 Å². The normalized spacial score (nSPS) is 12.5. The molecule has 0 fully saturated rings. The molecule has 8 N–H and O–H groups in total. The van der Waals surface area contributed by atoms with Gasteiger partial charge in [0.25, 0.3) is 0 Å². The van der Waals surface area contributed by atoms with E-state index in [1.165, 1.54) is 12.1 Å². The highest BCUT2D eigenvalue weighted by Gasteiger charge is 2.21. The highest BCUT2D eigenvalue weighted by atomic mass is 32.2. The summed E-state index contributed by atoms with van der Waals surface area (Å²) < 4.78 is 5.25. The number of hydrogen-bond acceptors (Lipinski definition) is 8. The summed E-state index contributed by atoms with van der Waals surface area (Å²) in [6, 6.07) is 10.3. The number of guanidine groups is 1. The molecule has 0 bridgehead atoms. The van der Waals surface area contributed by atoms with Gasteiger partial charge in [-0.25, -0.2) is 14.4 Å². The van der Waals surface area contributed by atoms with Gasteiger partial charge in [0.1, 0.15) is 17.8 Å². The maximum Gasteiger partial charge on any atom is 0.360 e. The van der Waals surface area contributed by atoms with Crippen molar-refractivity contribution >= 4 is 41.4 Å². The first-order valence-corrected chi connectivity index (χ1v) is 12.1. The number of carboxylic acids is 1. The summed E-state index contributed by atoms with van der Waals surface area (Å²) in [7, 11) is 0. The van der Waals surface area contributed by atoms with E-state index in [-0.39, 0.29) is 18.1 Å². The van der Waals surface area contributed by atoms with E-state index in [9.17, 15) is 19.5 Å². The number of carbonyl (C=O) groups is 3. The summed E-state index contributed by atoms with van der Waals surface area (Å²) in [5.41, 5.74) is 12.1. The number of urea groups is 1. The topological polar surface area (TPSA) is 205 Å². The first-order valence-electron chi connectivity index (χ1n) is 10.9. The van der Waals surface area contributed by atoms with Crippen LogP contribution in [0.3, 0.4) is 0 Å². The number of amides is 2. The predicted molar refractivity (Wildman–Crippen MR) is 136 cm³/mol. The molecule has 36 heavy (non-hydrogen) atoms. The molecule has 2 aromatic rings. The lowest BCUT2D eigenvalue weighted by atomic mass is 10.1. The average molecular weight is 516 g/mol. The van der Waals surface area contributed by atoms with Crippen molar-refractivity contribution < 1.29 is 24.2 Å². The fourth-order valence-corrected chi connectivity index (χ4v) is 3.32. The number of ether oxygens (including phenoxy) is 1. The predicted octanol–water partition coefficient (Wildman–Crippen LogP) is 2.39. The molecule has 0 aliphatic heterocycles. The van der Waals surface area contributed by atoms with Gasteiger partial charge >= 0.3 is 18.0 Å². The quantitative estimate of drug-likeness (QED) is 0.0466. The molecule has 0 heterocycles. The van der Waals surface area contributed by atoms with Crippen LogP contribution < -0.4 is 26.8 Å². The third-order valence-corrected chi connectivity index (χ3v) is 5.56. The minimum absolute atomic E-state index is 0.0180. The molecule has 0 aliphatic rings. The minimum atomic E-state index is -1.24. The van der Waals surface area contributed by atoms with E-state index in [0.29, 0.717) is 30.6 Å². The van der Waals surface area contributed by atoms with Crippen molar-refractivity contribution in [1.29, 1.82) is 5.41 Å². The Morgan fingerprint density at radius 3 is 2.39 bits per heavy atom. The third kappa shape index (κ3) is 10.1. The molecule has 0 aliphatic carbocycles. The van der Waals surface area contributed by atoms with Crippen LogP contribution in [0.15, 0.2) is 63.7 Å². The molecule has 2 atom stereocenters. The number of thioether (sulfide) groups is 1. The molecule has 12 nitrogen and oxygen atoms in total. The van der Waals surface area contributed by atoms with E-state index >= 15 is 0 Å². The number of benzene rings is 2. The van der Waals surface area contributed by atoms with E-state index < -0.39 is 30.1 Å². The standard InChI is InChI=1S/C23H29N7O5S/c1-36-17-10-6-15(7-11-17)29-30-23(34)28-19(20(31)32)13-14-4-8-16(9-5-14)35-21(33)18(24)3-2-12-27-22(25)26/h4-11,18-19H,2-3,12-13,24H2,1H3,(H,28,34)(H,31,32)(H4,25,26,27)/t18-,19-/m0/s1. The van der Waals surface area contributed by atoms with Crippen LogP contribution in [-0.4, -0.2) is 53.9 Å². The lowest BCUT2D eigenvalue weighted by Crippen LogP contribution is -2.40. The minimum Gasteiger partial charge on any atom is -0.480 e. The van der Waals surface area contributed by atoms with Crippen LogP contribution in [-0.2, 0) is 16.0 Å². The van der Waals surface area contributed by atoms with E-state index in [0.717, 1.165) is 4.90 Å². The van der Waals surface area contributed by atoms with Crippen molar-refractivity contribution in [2.24, 2.45) is 21.7 Å². The molecule has 13 heteroatoms. The zero-order chi connectivity index (χ0) is 26.5. The Bertz CT molecular complexity index is 1080. The first-order chi connectivity index (χ1) is 17.2. The summed E-state index contributed by atoms with van der Waals surface area (Å²) in [6.07, 6.45) is 2.79. The van der Waals surface area contributed by atoms with Crippen LogP contribution in [0.25, 0.3) is 0 Å². The van der Waals surface area contributed by atoms with E-state index in [1.807, 2.05) is 18.4 Å². The fraction of sp³-hybridized carbons (Fsp3) is 0.304. The molecule has 2 amide bonds. The van der Waals surface area contributed by atoms with Crippen LogP contribution in [0.5, 0.6) is 5.75 Å². The number of aliphatic carboxylic acids is 1. The number of carboxylic acid groups (broad SMARTS) is 1. The van der Waals surface area contributed by atoms with Crippen LogP contribution >= 0.6 is 11.8 Å². The van der Waals surface area contributed by atoms with Gasteiger partial charge in [0.2, 0.25) is 0 Å². The monoisotopic (exact) mass is 515 g/mol. The lowest BCUT2D eigenvalue weighted by molar-refractivity contribution is -0.139. The van der Waals surface area contributed by atoms with Gasteiger partial charge in [-0.1, -0.05) is 17.2 Å². The fourth-order valence-electron chi connectivity index (χ4n) is 2.91. The van der Waals surface area contributed by atoms with Gasteiger partial charge in [-0.2, -0.15) is 0 Å². The van der Waals surface area contributed by atoms with Gasteiger partial charge in [0, 0.05) is 17.9 Å². The molecule has 2 aromatic carbocycles. The Morgan fingerprint density at radius 1 is 1.14 bits per heavy atom. The number of hydrogen-bond donors (Lipinski definition) is 6. The summed E-state index contributed by atoms with van der Waals surface area (Å²) in [5, 5.41) is 28.8. The molecule has 192 valence electrons. The van der Waals surface area contributed by atoms with Crippen LogP contribution in [0.1, 0.15) is 18.4 Å². The second-order valence-electron chi connectivity index (χ2n) is 7.60. The van der Waals surface area contributed by atoms with Crippen LogP contribution in [0.2, 0.25) is 0 Å². The SMILES string of the molecule is CSc1ccc(N=NC(=O)N[C@@H](Cc2ccc(OC(=O)[C@@H](N)CCCNC(=N)N)cc2)C(=O)O)cc1. The van der Waals surface area contributed by atoms with Crippen molar-refractivity contribution in [2.75, 3.05) is 12.8 Å². The molecular weight excluding hydrogens is 486 g/mol. The van der Waals surface area contributed by atoms with Gasteiger partial charge in [0.05, 0.1) is 5.69 Å². The molecule has 0 spiro atoms. The number of nitrogens with two attached hydrogens (primary N) is 2. The molecule has 0 radical (unpaired) electrons. The Hall–Kier alpha value is -3.97. The van der Waals surface area contributed by atoms with Gasteiger partial charge in [-0.15, -0.1) is 16.9 Å². The van der Waals surface area contributed by atoms with Crippen molar-refractivity contribution in [3.63, 3.8) is 0 Å². The molecule has 0 saturated carbocycles. The van der Waals surface area contributed by atoms with Gasteiger partial charge in [-0.3, -0.25) is 5.41 Å². The Kier molecular flexibility index (Phi) is 11.3. The van der Waals surface area contributed by atoms with E-state index in [1.54, 1.807) is 36.0 Å². The van der Waals surface area contributed by atoms with Gasteiger partial charge in [-0.05, 0) is 61.1 Å². The number of rotatable bonds is 12. The highest BCUT2D eigenvalue weighted by Crippen LogP contribution is 2.19. The van der Waals surface area contributed by atoms with Gasteiger partial charge in [0.15, 0.2) is 5.96 Å². The third-order valence-electron chi connectivity index (χ3n) is 4.82. The second-order valence-corrected chi connectivity index (χ2v) is 8.48. The van der Waals surface area contributed by atoms with E-state index in [2.05, 4.69) is 20.9 Å². The van der Waals surface area contributed by atoms with Gasteiger partial charge < -0.3 is 31.9 Å². The maximum absolute atomic E-state index is 12.1. The number of carbonyl (C=O) groups excluding carboxylic acids is 2. The highest BCUT2D eigenvalue weighted by molar-refractivity contribution is 7.98. The number of nitrogens with one attached hydrogen (secondary N) is 3. The lowest BCUT2D eigenvalue weighted by Gasteiger charge is -2.14. The molecule has 0 unspecified atom stereocenters. The van der Waals surface area contributed by atoms with Crippen molar-refractivity contribution in [3.05, 3.63) is 54.1 Å². The Morgan fingerprint density at radius 2 is 1.81 bits per heavy atom. The Labute approximate surface area is 212 Å². The molecule has 2 rings (SSSR count). The number of nitrogens with zero attached hydrogens (tertiary/aromatic N) is 2. The molecule has 0 saturated heterocycles. The first kappa shape index (κ1) is 28.3. The smallest absolute Gasteiger partial charge is 0.360 e. The number of esters is 1. The zero-order valence-electron chi connectivity index (χ0n) is 19.6. The van der Waals surface area contributed by atoms with Crippen molar-refractivity contribution in [1.82, 2.24) is 10.6 Å². The number of azo groups is 1. The van der Waals surface area contributed by atoms with E-state index in [4.69, 9.17) is 21.6 Å². The zero-order valence-corrected chi connectivity index (χ0v) is 20.5.